The number of carboxylic acids is 1. The predicted molar refractivity (Wildman–Crippen MR) is 294 cm³/mol. The van der Waals surface area contributed by atoms with Gasteiger partial charge in [-0.1, -0.05) is 24.3 Å². The molecule has 4 rings (SSSR count). The molecule has 0 radical (unpaired) electrons. The zero-order valence-electron chi connectivity index (χ0n) is 46.1. The number of carboxylic acid groups (broad SMARTS) is 1. The second-order valence-electron chi connectivity index (χ2n) is 18.2. The van der Waals surface area contributed by atoms with Gasteiger partial charge < -0.3 is 55.9 Å². The molecule has 4 aromatic carbocycles. The van der Waals surface area contributed by atoms with Crippen LogP contribution in [0.3, 0.4) is 0 Å². The molecule has 0 spiro atoms. The van der Waals surface area contributed by atoms with Crippen LogP contribution in [-0.2, 0) is 52.3 Å². The Balaban J connectivity index is 0.000000429. The Kier molecular flexibility index (Phi) is 27.2. The number of nitrogens with one attached hydrogen (secondary N) is 5. The van der Waals surface area contributed by atoms with Crippen molar-refractivity contribution in [2.75, 3.05) is 134 Å². The average Bonchev–Trinajstić information content (AvgIpc) is 3.34. The number of ether oxygens (including phenoxy) is 2. The van der Waals surface area contributed by atoms with Crippen LogP contribution < -0.4 is 36.1 Å². The number of likely N-dealkylation sites (N-methyl/N-ethyl adjacent to an activating group) is 5. The zero-order chi connectivity index (χ0) is 56.6. The molecule has 23 heteroatoms. The summed E-state index contributed by atoms with van der Waals surface area (Å²) in [4.78, 5) is 52.2. The number of hydrogen-bond donors (Lipinski definition) is 6. The molecule has 0 aliphatic heterocycles. The number of sulfonamides is 2. The lowest BCUT2D eigenvalue weighted by Crippen LogP contribution is -2.43. The van der Waals surface area contributed by atoms with E-state index in [2.05, 4.69) is 74.7 Å². The predicted octanol–water partition coefficient (Wildman–Crippen LogP) is 3.19. The first kappa shape index (κ1) is 64.8. The summed E-state index contributed by atoms with van der Waals surface area (Å²) in [6.45, 7) is 11.6. The minimum absolute atomic E-state index is 0.00426. The van der Waals surface area contributed by atoms with Gasteiger partial charge in [-0.2, -0.15) is 8.61 Å². The molecule has 0 aliphatic rings. The van der Waals surface area contributed by atoms with Crippen LogP contribution in [0.25, 0.3) is 0 Å². The fourth-order valence-corrected chi connectivity index (χ4v) is 10.4. The van der Waals surface area contributed by atoms with Crippen LogP contribution in [-0.4, -0.2) is 192 Å². The first-order valence-electron chi connectivity index (χ1n) is 24.1. The van der Waals surface area contributed by atoms with Crippen LogP contribution in [0.4, 0.5) is 11.4 Å². The van der Waals surface area contributed by atoms with Crippen LogP contribution in [0.15, 0.2) is 82.6 Å². The van der Waals surface area contributed by atoms with Gasteiger partial charge in [-0.25, -0.2) is 21.6 Å². The monoisotopic (exact) mass is 1080 g/mol. The van der Waals surface area contributed by atoms with Crippen molar-refractivity contribution in [3.63, 3.8) is 0 Å². The molecule has 0 aromatic heterocycles. The van der Waals surface area contributed by atoms with E-state index in [0.29, 0.717) is 33.8 Å². The highest BCUT2D eigenvalue weighted by atomic mass is 32.2. The SMILES string of the molecule is CNCc1ccc(NCCN(C)C)cc1.COc1cc(C)c(S(=O)(=O)N(C)CCNC(=O)C(=O)N(C)Cc2ccc(NCCN(C)C)cc2)c(C)c1.COc1cc(C)c(S(=O)(=O)N(C)CCNC(=O)C(=O)O)c(C)c1. The van der Waals surface area contributed by atoms with Gasteiger partial charge in [-0.15, -0.1) is 0 Å². The van der Waals surface area contributed by atoms with Crippen molar-refractivity contribution in [1.29, 1.82) is 0 Å². The number of amides is 3. The topological polar surface area (TPSA) is 252 Å². The van der Waals surface area contributed by atoms with Crippen molar-refractivity contribution >= 4 is 55.1 Å². The summed E-state index contributed by atoms with van der Waals surface area (Å²) in [7, 11) is 9.98. The Bertz CT molecular complexity index is 2660. The van der Waals surface area contributed by atoms with E-state index in [1.54, 1.807) is 59.0 Å². The Morgan fingerprint density at radius 2 is 0.893 bits per heavy atom. The van der Waals surface area contributed by atoms with E-state index in [4.69, 9.17) is 14.6 Å². The summed E-state index contributed by atoms with van der Waals surface area (Å²) in [5.41, 5.74) is 6.61. The Labute approximate surface area is 445 Å². The maximum Gasteiger partial charge on any atom is 0.394 e. The maximum atomic E-state index is 13.1. The van der Waals surface area contributed by atoms with Crippen molar-refractivity contribution in [2.24, 2.45) is 0 Å². The van der Waals surface area contributed by atoms with E-state index in [1.807, 2.05) is 45.4 Å². The van der Waals surface area contributed by atoms with Crippen molar-refractivity contribution < 1.29 is 50.6 Å². The number of rotatable bonds is 24. The normalized spacial score (nSPS) is 11.3. The molecule has 0 fully saturated rings. The van der Waals surface area contributed by atoms with Gasteiger partial charge in [0.15, 0.2) is 0 Å². The van der Waals surface area contributed by atoms with Gasteiger partial charge in [0.1, 0.15) is 11.5 Å². The van der Waals surface area contributed by atoms with Crippen molar-refractivity contribution in [3.8, 4) is 11.5 Å². The Morgan fingerprint density at radius 1 is 0.533 bits per heavy atom. The van der Waals surface area contributed by atoms with Crippen LogP contribution in [0, 0.1) is 27.7 Å². The summed E-state index contributed by atoms with van der Waals surface area (Å²) in [6.07, 6.45) is 0. The van der Waals surface area contributed by atoms with Crippen molar-refractivity contribution in [1.82, 2.24) is 39.3 Å². The van der Waals surface area contributed by atoms with Crippen LogP contribution in [0.1, 0.15) is 33.4 Å². The van der Waals surface area contributed by atoms with Gasteiger partial charge in [-0.05, 0) is 145 Å². The molecule has 0 saturated heterocycles. The molecule has 3 amide bonds. The third kappa shape index (κ3) is 21.4. The number of benzene rings is 4. The van der Waals surface area contributed by atoms with E-state index >= 15 is 0 Å². The Morgan fingerprint density at radius 3 is 1.23 bits per heavy atom. The first-order valence-corrected chi connectivity index (χ1v) is 26.9. The molecular weight excluding hydrogens is 1000 g/mol. The van der Waals surface area contributed by atoms with Crippen LogP contribution >= 0.6 is 0 Å². The third-order valence-corrected chi connectivity index (χ3v) is 15.6. The minimum atomic E-state index is -3.79. The molecule has 0 atom stereocenters. The molecule has 0 bridgehead atoms. The fraction of sp³-hybridized carbons (Fsp3) is 0.462. The molecule has 4 aromatic rings. The number of carbonyl (C=O) groups is 4. The molecule has 0 heterocycles. The van der Waals surface area contributed by atoms with Gasteiger partial charge in [0, 0.05) is 98.0 Å². The second-order valence-corrected chi connectivity index (χ2v) is 22.2. The fourth-order valence-electron chi connectivity index (χ4n) is 7.27. The largest absolute Gasteiger partial charge is 0.497 e. The molecule has 0 saturated carbocycles. The highest BCUT2D eigenvalue weighted by molar-refractivity contribution is 7.89. The van der Waals surface area contributed by atoms with Crippen LogP contribution in [0.2, 0.25) is 0 Å². The van der Waals surface area contributed by atoms with E-state index in [0.717, 1.165) is 52.6 Å². The molecule has 416 valence electrons. The first-order chi connectivity index (χ1) is 35.2. The molecule has 6 N–H and O–H groups in total. The minimum Gasteiger partial charge on any atom is -0.497 e. The van der Waals surface area contributed by atoms with Gasteiger partial charge in [0.25, 0.3) is 0 Å². The number of nitrogens with zero attached hydrogens (tertiary/aromatic N) is 5. The van der Waals surface area contributed by atoms with Gasteiger partial charge >= 0.3 is 23.7 Å². The number of anilines is 2. The van der Waals surface area contributed by atoms with E-state index in [1.165, 1.54) is 44.5 Å². The van der Waals surface area contributed by atoms with E-state index in [9.17, 15) is 36.0 Å². The lowest BCUT2D eigenvalue weighted by molar-refractivity contribution is -0.150. The van der Waals surface area contributed by atoms with Gasteiger partial charge in [-0.3, -0.25) is 14.4 Å². The maximum absolute atomic E-state index is 13.1. The summed E-state index contributed by atoms with van der Waals surface area (Å²) < 4.78 is 64.0. The lowest BCUT2D eigenvalue weighted by Gasteiger charge is -2.21. The standard InChI is InChI=1S/C26H39N5O5S.C14H20N2O6S.C12H21N3/c1-19-16-23(36-7)17-20(2)24(19)37(34,35)31(6)15-13-28-25(32)26(33)30(5)18-21-8-10-22(11-9-21)27-12-14-29(3)4;1-9-7-11(22-4)8-10(2)12(9)23(20,21)16(3)6-5-15-13(17)14(18)19;1-13-10-11-4-6-12(7-5-11)14-8-9-15(2)3/h8-11,16-17,27H,12-15,18H2,1-7H3,(H,28,32);7-8H,5-6H2,1-4H3,(H,15,17)(H,18,19);4-7,13-14H,8-10H2,1-3H3. The summed E-state index contributed by atoms with van der Waals surface area (Å²) >= 11 is 0. The molecule has 0 unspecified atom stereocenters. The van der Waals surface area contributed by atoms with Crippen molar-refractivity contribution in [2.45, 2.75) is 50.6 Å². The van der Waals surface area contributed by atoms with Gasteiger partial charge in [0.05, 0.1) is 24.0 Å². The zero-order valence-corrected chi connectivity index (χ0v) is 47.7. The molecule has 21 nitrogen and oxygen atoms in total. The van der Waals surface area contributed by atoms with Crippen LogP contribution in [0.5, 0.6) is 11.5 Å². The lowest BCUT2D eigenvalue weighted by atomic mass is 10.1. The number of aliphatic carboxylic acids is 1. The van der Waals surface area contributed by atoms with Gasteiger partial charge in [0.2, 0.25) is 20.0 Å². The molecule has 75 heavy (non-hydrogen) atoms. The summed E-state index contributed by atoms with van der Waals surface area (Å²) in [5.74, 6) is -3.12. The summed E-state index contributed by atoms with van der Waals surface area (Å²) in [5, 5.41) is 22.9. The highest BCUT2D eigenvalue weighted by Gasteiger charge is 2.27. The van der Waals surface area contributed by atoms with Crippen molar-refractivity contribution in [3.05, 3.63) is 106 Å². The second kappa shape index (κ2) is 31.5. The smallest absolute Gasteiger partial charge is 0.394 e. The number of hydrogen-bond acceptors (Lipinski definition) is 15. The quantitative estimate of drug-likeness (QED) is 0.0552. The third-order valence-electron chi connectivity index (χ3n) is 11.3. The summed E-state index contributed by atoms with van der Waals surface area (Å²) in [6, 6.07) is 22.8. The molecule has 0 aliphatic carbocycles. The van der Waals surface area contributed by atoms with E-state index in [-0.39, 0.29) is 42.5 Å². The average molecular weight is 1090 g/mol. The number of methoxy groups -OCH3 is 2. The Hall–Kier alpha value is -6.34. The highest BCUT2D eigenvalue weighted by Crippen LogP contribution is 2.29. The van der Waals surface area contributed by atoms with E-state index < -0.39 is 43.7 Å². The molecular formula is C52H80N10O11S2. The number of aryl methyl sites for hydroxylation is 4. The number of carbonyl (C=O) groups excluding carboxylic acids is 3.